The van der Waals surface area contributed by atoms with E-state index in [0.29, 0.717) is 4.47 Å². The second kappa shape index (κ2) is 6.15. The summed E-state index contributed by atoms with van der Waals surface area (Å²) in [7, 11) is 0. The van der Waals surface area contributed by atoms with Gasteiger partial charge in [-0.05, 0) is 18.2 Å². The summed E-state index contributed by atoms with van der Waals surface area (Å²) < 4.78 is 29.2. The Morgan fingerprint density at radius 2 is 1.94 bits per heavy atom. The predicted molar refractivity (Wildman–Crippen MR) is 67.9 cm³/mol. The van der Waals surface area contributed by atoms with Crippen molar-refractivity contribution in [3.8, 4) is 5.75 Å². The van der Waals surface area contributed by atoms with E-state index >= 15 is 0 Å². The van der Waals surface area contributed by atoms with Crippen molar-refractivity contribution < 1.29 is 13.5 Å². The molecule has 0 unspecified atom stereocenters. The van der Waals surface area contributed by atoms with Gasteiger partial charge in [0.25, 0.3) is 0 Å². The average molecular weight is 322 g/mol. The molecular weight excluding hydrogens is 312 g/mol. The molecule has 0 saturated heterocycles. The van der Waals surface area contributed by atoms with Crippen LogP contribution in [0.3, 0.4) is 0 Å². The minimum Gasteiger partial charge on any atom is -0.432 e. The summed E-state index contributed by atoms with van der Waals surface area (Å²) >= 11 is 3.12. The van der Waals surface area contributed by atoms with Crippen molar-refractivity contribution in [3.63, 3.8) is 0 Å². The fourth-order valence-corrected chi connectivity index (χ4v) is 1.39. The third-order valence-electron chi connectivity index (χ3n) is 1.62. The lowest BCUT2D eigenvalue weighted by atomic mass is 10.3. The van der Waals surface area contributed by atoms with E-state index in [4.69, 9.17) is 17.2 Å². The van der Waals surface area contributed by atoms with Crippen LogP contribution in [0.5, 0.6) is 5.75 Å². The highest BCUT2D eigenvalue weighted by molar-refractivity contribution is 9.10. The minimum absolute atomic E-state index is 0.0843. The van der Waals surface area contributed by atoms with Gasteiger partial charge in [-0.1, -0.05) is 15.9 Å². The zero-order valence-electron chi connectivity index (χ0n) is 8.98. The molecule has 9 heteroatoms. The van der Waals surface area contributed by atoms with Gasteiger partial charge in [0.1, 0.15) is 5.69 Å². The highest BCUT2D eigenvalue weighted by Gasteiger charge is 2.10. The van der Waals surface area contributed by atoms with Crippen molar-refractivity contribution in [2.24, 2.45) is 27.2 Å². The van der Waals surface area contributed by atoms with E-state index in [0.717, 1.165) is 0 Å². The van der Waals surface area contributed by atoms with Crippen molar-refractivity contribution in [2.75, 3.05) is 0 Å². The van der Waals surface area contributed by atoms with E-state index in [9.17, 15) is 8.78 Å². The molecule has 1 rings (SSSR count). The molecule has 0 aliphatic heterocycles. The number of hydrogen-bond acceptors (Lipinski definition) is 2. The summed E-state index contributed by atoms with van der Waals surface area (Å²) in [5, 5.41) is 0. The second-order valence-corrected chi connectivity index (χ2v) is 3.91. The van der Waals surface area contributed by atoms with Crippen LogP contribution in [0, 0.1) is 0 Å². The quantitative estimate of drug-likeness (QED) is 0.574. The molecule has 0 aromatic heterocycles. The van der Waals surface area contributed by atoms with Gasteiger partial charge in [0.2, 0.25) is 5.96 Å². The van der Waals surface area contributed by atoms with Crippen molar-refractivity contribution in [1.82, 2.24) is 0 Å². The summed E-state index contributed by atoms with van der Waals surface area (Å²) in [6, 6.07) is 4.34. The van der Waals surface area contributed by atoms with Crippen LogP contribution in [0.2, 0.25) is 0 Å². The number of aliphatic imine (C=N–C) groups is 2. The summed E-state index contributed by atoms with van der Waals surface area (Å²) in [6.07, 6.45) is 0. The fourth-order valence-electron chi connectivity index (χ4n) is 1.05. The Balaban J connectivity index is 3.11. The summed E-state index contributed by atoms with van der Waals surface area (Å²) in [6.45, 7) is -2.97. The molecule has 0 aliphatic carbocycles. The minimum atomic E-state index is -2.97. The molecule has 0 amide bonds. The SMILES string of the molecule is NC(N)=NC(N)=Nc1ccc(Br)cc1OC(F)F. The normalized spacial score (nSPS) is 11.4. The Morgan fingerprint density at radius 1 is 1.28 bits per heavy atom. The lowest BCUT2D eigenvalue weighted by Crippen LogP contribution is -2.26. The first-order valence-electron chi connectivity index (χ1n) is 4.56. The van der Waals surface area contributed by atoms with Gasteiger partial charge in [-0.3, -0.25) is 0 Å². The zero-order chi connectivity index (χ0) is 13.7. The molecule has 0 saturated carbocycles. The van der Waals surface area contributed by atoms with Gasteiger partial charge in [-0.2, -0.15) is 13.8 Å². The maximum Gasteiger partial charge on any atom is 0.387 e. The van der Waals surface area contributed by atoms with Crippen LogP contribution in [0.1, 0.15) is 0 Å². The lowest BCUT2D eigenvalue weighted by Gasteiger charge is -2.08. The molecule has 0 heterocycles. The molecule has 6 nitrogen and oxygen atoms in total. The smallest absolute Gasteiger partial charge is 0.387 e. The number of benzene rings is 1. The van der Waals surface area contributed by atoms with Crippen molar-refractivity contribution in [2.45, 2.75) is 6.61 Å². The van der Waals surface area contributed by atoms with Gasteiger partial charge in [0.15, 0.2) is 11.7 Å². The first-order valence-corrected chi connectivity index (χ1v) is 5.36. The van der Waals surface area contributed by atoms with E-state index in [1.165, 1.54) is 12.1 Å². The summed E-state index contributed by atoms with van der Waals surface area (Å²) in [4.78, 5) is 7.22. The average Bonchev–Trinajstić information content (AvgIpc) is 2.20. The molecule has 0 radical (unpaired) electrons. The Hall–Kier alpha value is -1.90. The highest BCUT2D eigenvalue weighted by Crippen LogP contribution is 2.32. The molecule has 98 valence electrons. The maximum atomic E-state index is 12.2. The Labute approximate surface area is 110 Å². The number of halogens is 3. The standard InChI is InChI=1S/C9H10BrF2N5O/c10-4-1-2-5(6(3-4)18-7(11)12)16-9(15)17-8(13)14/h1-3,7H,(H6,13,14,15,16,17). The Morgan fingerprint density at radius 3 is 2.50 bits per heavy atom. The van der Waals surface area contributed by atoms with E-state index in [1.807, 2.05) is 0 Å². The summed E-state index contributed by atoms with van der Waals surface area (Å²) in [5.41, 5.74) is 15.7. The van der Waals surface area contributed by atoms with E-state index in [2.05, 4.69) is 30.7 Å². The number of nitrogens with zero attached hydrogens (tertiary/aromatic N) is 2. The van der Waals surface area contributed by atoms with Gasteiger partial charge >= 0.3 is 6.61 Å². The van der Waals surface area contributed by atoms with Gasteiger partial charge in [0.05, 0.1) is 0 Å². The van der Waals surface area contributed by atoms with E-state index in [-0.39, 0.29) is 23.4 Å². The number of nitrogens with two attached hydrogens (primary N) is 3. The van der Waals surface area contributed by atoms with Crippen LogP contribution in [0.15, 0.2) is 32.7 Å². The van der Waals surface area contributed by atoms with E-state index < -0.39 is 6.61 Å². The predicted octanol–water partition coefficient (Wildman–Crippen LogP) is 1.27. The van der Waals surface area contributed by atoms with Gasteiger partial charge in [-0.25, -0.2) is 4.99 Å². The third-order valence-corrected chi connectivity index (χ3v) is 2.11. The topological polar surface area (TPSA) is 112 Å². The van der Waals surface area contributed by atoms with Crippen molar-refractivity contribution in [3.05, 3.63) is 22.7 Å². The second-order valence-electron chi connectivity index (χ2n) is 3.00. The molecule has 6 N–H and O–H groups in total. The lowest BCUT2D eigenvalue weighted by molar-refractivity contribution is -0.0494. The molecule has 1 aromatic carbocycles. The van der Waals surface area contributed by atoms with Crippen LogP contribution in [-0.4, -0.2) is 18.5 Å². The number of rotatable bonds is 3. The number of ether oxygens (including phenoxy) is 1. The van der Waals surface area contributed by atoms with Crippen molar-refractivity contribution in [1.29, 1.82) is 0 Å². The summed E-state index contributed by atoms with van der Waals surface area (Å²) in [5.74, 6) is -0.700. The fraction of sp³-hybridized carbons (Fsp3) is 0.111. The Bertz CT molecular complexity index is 488. The Kier molecular flexibility index (Phi) is 4.84. The molecule has 0 aliphatic rings. The molecule has 0 spiro atoms. The van der Waals surface area contributed by atoms with Crippen LogP contribution >= 0.6 is 15.9 Å². The largest absolute Gasteiger partial charge is 0.432 e. The molecule has 0 fully saturated rings. The molecular formula is C9H10BrF2N5O. The van der Waals surface area contributed by atoms with Crippen LogP contribution in [0.25, 0.3) is 0 Å². The van der Waals surface area contributed by atoms with Crippen LogP contribution in [0.4, 0.5) is 14.5 Å². The van der Waals surface area contributed by atoms with E-state index in [1.54, 1.807) is 6.07 Å². The first-order chi connectivity index (χ1) is 8.38. The van der Waals surface area contributed by atoms with Crippen LogP contribution < -0.4 is 21.9 Å². The van der Waals surface area contributed by atoms with Gasteiger partial charge < -0.3 is 21.9 Å². The third kappa shape index (κ3) is 4.53. The number of hydrogen-bond donors (Lipinski definition) is 3. The molecule has 1 aromatic rings. The maximum absolute atomic E-state index is 12.2. The molecule has 18 heavy (non-hydrogen) atoms. The van der Waals surface area contributed by atoms with Crippen LogP contribution in [-0.2, 0) is 0 Å². The number of alkyl halides is 2. The molecule has 0 atom stereocenters. The monoisotopic (exact) mass is 321 g/mol. The van der Waals surface area contributed by atoms with Gasteiger partial charge in [0, 0.05) is 4.47 Å². The first kappa shape index (κ1) is 14.2. The highest BCUT2D eigenvalue weighted by atomic mass is 79.9. The zero-order valence-corrected chi connectivity index (χ0v) is 10.6. The molecule has 0 bridgehead atoms. The van der Waals surface area contributed by atoms with Crippen molar-refractivity contribution >= 4 is 33.5 Å². The van der Waals surface area contributed by atoms with Gasteiger partial charge in [-0.15, -0.1) is 0 Å². The number of guanidine groups is 2.